The molecule has 8 heteroatoms. The topological polar surface area (TPSA) is 93.9 Å². The predicted octanol–water partition coefficient (Wildman–Crippen LogP) is 3.28. The Morgan fingerprint density at radius 1 is 1.09 bits per heavy atom. The highest BCUT2D eigenvalue weighted by atomic mass is 16.5. The Morgan fingerprint density at radius 3 is 2.56 bits per heavy atom. The first-order chi connectivity index (χ1) is 15.6. The van der Waals surface area contributed by atoms with Gasteiger partial charge in [0.05, 0.1) is 20.8 Å². The van der Waals surface area contributed by atoms with Crippen LogP contribution in [0.3, 0.4) is 0 Å². The highest BCUT2D eigenvalue weighted by Gasteiger charge is 2.33. The Bertz CT molecular complexity index is 1090. The zero-order chi connectivity index (χ0) is 22.5. The summed E-state index contributed by atoms with van der Waals surface area (Å²) in [5.74, 6) is 1.24. The largest absolute Gasteiger partial charge is 0.497 e. The number of amides is 2. The molecule has 3 aromatic rings. The van der Waals surface area contributed by atoms with Crippen molar-refractivity contribution >= 4 is 11.8 Å². The molecule has 0 aliphatic heterocycles. The average Bonchev–Trinajstić information content (AvgIpc) is 3.55. The normalized spacial score (nSPS) is 12.8. The number of nitrogens with one attached hydrogen (secondary N) is 1. The Hall–Kier alpha value is -3.81. The summed E-state index contributed by atoms with van der Waals surface area (Å²) in [6, 6.07) is 16.6. The van der Waals surface area contributed by atoms with Crippen molar-refractivity contribution in [2.45, 2.75) is 25.4 Å². The summed E-state index contributed by atoms with van der Waals surface area (Å²) in [5.41, 5.74) is 1.80. The molecule has 2 aromatic carbocycles. The van der Waals surface area contributed by atoms with Crippen LogP contribution in [0.25, 0.3) is 11.3 Å². The Kier molecular flexibility index (Phi) is 6.39. The minimum atomic E-state index is -0.459. The van der Waals surface area contributed by atoms with E-state index in [1.807, 2.05) is 48.5 Å². The van der Waals surface area contributed by atoms with Gasteiger partial charge in [0.2, 0.25) is 5.91 Å². The summed E-state index contributed by atoms with van der Waals surface area (Å²) >= 11 is 0. The molecule has 1 saturated carbocycles. The van der Waals surface area contributed by atoms with E-state index < -0.39 is 5.91 Å². The number of carbonyl (C=O) groups is 2. The summed E-state index contributed by atoms with van der Waals surface area (Å²) in [7, 11) is 3.19. The van der Waals surface area contributed by atoms with Gasteiger partial charge < -0.3 is 24.2 Å². The first kappa shape index (κ1) is 21.4. The number of ether oxygens (including phenoxy) is 2. The molecule has 0 radical (unpaired) electrons. The fourth-order valence-corrected chi connectivity index (χ4v) is 3.46. The van der Waals surface area contributed by atoms with Crippen molar-refractivity contribution in [3.63, 3.8) is 0 Å². The number of aromatic nitrogens is 1. The van der Waals surface area contributed by atoms with Crippen LogP contribution in [0.2, 0.25) is 0 Å². The van der Waals surface area contributed by atoms with Crippen molar-refractivity contribution in [1.29, 1.82) is 0 Å². The number of carbonyl (C=O) groups excluding carboxylic acids is 2. The second-order valence-electron chi connectivity index (χ2n) is 7.56. The van der Waals surface area contributed by atoms with Gasteiger partial charge in [0.1, 0.15) is 11.5 Å². The van der Waals surface area contributed by atoms with Crippen molar-refractivity contribution in [2.75, 3.05) is 20.8 Å². The molecule has 1 fully saturated rings. The lowest BCUT2D eigenvalue weighted by molar-refractivity contribution is -0.131. The van der Waals surface area contributed by atoms with Crippen LogP contribution in [0.15, 0.2) is 59.1 Å². The molecule has 1 heterocycles. The zero-order valence-electron chi connectivity index (χ0n) is 18.0. The molecule has 0 atom stereocenters. The molecule has 4 rings (SSSR count). The summed E-state index contributed by atoms with van der Waals surface area (Å²) in [5, 5.41) is 6.48. The van der Waals surface area contributed by atoms with Gasteiger partial charge in [-0.1, -0.05) is 35.5 Å². The SMILES string of the molecule is COc1ccc(OC)c(CN(C(=O)CNC(=O)c2cc(-c3ccccc3)on2)C2CC2)c1. The van der Waals surface area contributed by atoms with Crippen LogP contribution in [0.5, 0.6) is 11.5 Å². The van der Waals surface area contributed by atoms with E-state index in [4.69, 9.17) is 14.0 Å². The highest BCUT2D eigenvalue weighted by molar-refractivity contribution is 5.95. The molecule has 1 N–H and O–H groups in total. The molecular formula is C24H25N3O5. The minimum absolute atomic E-state index is 0.129. The Labute approximate surface area is 186 Å². The van der Waals surface area contributed by atoms with Crippen LogP contribution in [-0.4, -0.2) is 48.7 Å². The number of hydrogen-bond donors (Lipinski definition) is 1. The number of rotatable bonds is 9. The third-order valence-electron chi connectivity index (χ3n) is 5.34. The van der Waals surface area contributed by atoms with Gasteiger partial charge in [-0.25, -0.2) is 0 Å². The van der Waals surface area contributed by atoms with Crippen molar-refractivity contribution in [3.8, 4) is 22.8 Å². The maximum absolute atomic E-state index is 12.9. The van der Waals surface area contributed by atoms with Gasteiger partial charge in [-0.2, -0.15) is 0 Å². The van der Waals surface area contributed by atoms with Gasteiger partial charge in [-0.3, -0.25) is 9.59 Å². The molecule has 1 aliphatic carbocycles. The van der Waals surface area contributed by atoms with E-state index in [1.165, 1.54) is 0 Å². The van der Waals surface area contributed by atoms with E-state index in [0.717, 1.165) is 24.0 Å². The van der Waals surface area contributed by atoms with Crippen LogP contribution in [-0.2, 0) is 11.3 Å². The Morgan fingerprint density at radius 2 is 1.88 bits per heavy atom. The van der Waals surface area contributed by atoms with E-state index in [1.54, 1.807) is 25.2 Å². The van der Waals surface area contributed by atoms with Gasteiger partial charge in [0, 0.05) is 29.8 Å². The maximum Gasteiger partial charge on any atom is 0.273 e. The molecule has 0 spiro atoms. The molecule has 0 unspecified atom stereocenters. The number of benzene rings is 2. The van der Waals surface area contributed by atoms with Gasteiger partial charge in [-0.05, 0) is 31.0 Å². The van der Waals surface area contributed by atoms with E-state index in [0.29, 0.717) is 23.8 Å². The fraction of sp³-hybridized carbons (Fsp3) is 0.292. The summed E-state index contributed by atoms with van der Waals surface area (Å²) in [6.07, 6.45) is 1.88. The van der Waals surface area contributed by atoms with Gasteiger partial charge >= 0.3 is 0 Å². The third kappa shape index (κ3) is 4.91. The monoisotopic (exact) mass is 435 g/mol. The predicted molar refractivity (Wildman–Crippen MR) is 117 cm³/mol. The molecule has 0 bridgehead atoms. The zero-order valence-corrected chi connectivity index (χ0v) is 18.0. The van der Waals surface area contributed by atoms with Gasteiger partial charge in [0.25, 0.3) is 5.91 Å². The summed E-state index contributed by atoms with van der Waals surface area (Å²) < 4.78 is 16.0. The van der Waals surface area contributed by atoms with Crippen LogP contribution < -0.4 is 14.8 Å². The van der Waals surface area contributed by atoms with Crippen LogP contribution >= 0.6 is 0 Å². The Balaban J connectivity index is 1.40. The van der Waals surface area contributed by atoms with E-state index in [2.05, 4.69) is 10.5 Å². The van der Waals surface area contributed by atoms with E-state index >= 15 is 0 Å². The van der Waals surface area contributed by atoms with Crippen molar-refractivity contribution in [3.05, 3.63) is 65.9 Å². The maximum atomic E-state index is 12.9. The van der Waals surface area contributed by atoms with Crippen molar-refractivity contribution in [1.82, 2.24) is 15.4 Å². The van der Waals surface area contributed by atoms with Crippen molar-refractivity contribution < 1.29 is 23.6 Å². The second-order valence-corrected chi connectivity index (χ2v) is 7.56. The van der Waals surface area contributed by atoms with Crippen LogP contribution in [0.4, 0.5) is 0 Å². The quantitative estimate of drug-likeness (QED) is 0.554. The third-order valence-corrected chi connectivity index (χ3v) is 5.34. The van der Waals surface area contributed by atoms with Gasteiger partial charge in [0.15, 0.2) is 11.5 Å². The highest BCUT2D eigenvalue weighted by Crippen LogP contribution is 2.32. The van der Waals surface area contributed by atoms with E-state index in [9.17, 15) is 9.59 Å². The lowest BCUT2D eigenvalue weighted by Crippen LogP contribution is -2.41. The number of hydrogen-bond acceptors (Lipinski definition) is 6. The molecule has 1 aromatic heterocycles. The second kappa shape index (κ2) is 9.55. The first-order valence-corrected chi connectivity index (χ1v) is 10.4. The molecular weight excluding hydrogens is 410 g/mol. The number of nitrogens with zero attached hydrogens (tertiary/aromatic N) is 2. The van der Waals surface area contributed by atoms with E-state index in [-0.39, 0.29) is 24.2 Å². The average molecular weight is 435 g/mol. The minimum Gasteiger partial charge on any atom is -0.497 e. The van der Waals surface area contributed by atoms with Crippen LogP contribution in [0, 0.1) is 0 Å². The van der Waals surface area contributed by atoms with Crippen molar-refractivity contribution in [2.24, 2.45) is 0 Å². The molecule has 8 nitrogen and oxygen atoms in total. The molecule has 166 valence electrons. The first-order valence-electron chi connectivity index (χ1n) is 10.4. The fourth-order valence-electron chi connectivity index (χ4n) is 3.46. The summed E-state index contributed by atoms with van der Waals surface area (Å²) in [6.45, 7) is 0.247. The lowest BCUT2D eigenvalue weighted by atomic mass is 10.1. The smallest absolute Gasteiger partial charge is 0.273 e. The molecule has 2 amide bonds. The molecule has 32 heavy (non-hydrogen) atoms. The van der Waals surface area contributed by atoms with Gasteiger partial charge in [-0.15, -0.1) is 0 Å². The molecule has 0 saturated heterocycles. The molecule has 1 aliphatic rings. The van der Waals surface area contributed by atoms with Crippen LogP contribution in [0.1, 0.15) is 28.9 Å². The lowest BCUT2D eigenvalue weighted by Gasteiger charge is -2.24. The standard InChI is InChI=1S/C24H25N3O5/c1-30-19-10-11-21(31-2)17(12-19)15-27(18-8-9-18)23(28)14-25-24(29)20-13-22(32-26-20)16-6-4-3-5-7-16/h3-7,10-13,18H,8-9,14-15H2,1-2H3,(H,25,29). The number of methoxy groups -OCH3 is 2. The summed E-state index contributed by atoms with van der Waals surface area (Å²) in [4.78, 5) is 27.2.